The Morgan fingerprint density at radius 1 is 0.970 bits per heavy atom. The summed E-state index contributed by atoms with van der Waals surface area (Å²) in [5, 5.41) is 3.25. The van der Waals surface area contributed by atoms with Crippen molar-refractivity contribution in [3.63, 3.8) is 0 Å². The summed E-state index contributed by atoms with van der Waals surface area (Å²) in [7, 11) is 0. The third kappa shape index (κ3) is 4.58. The van der Waals surface area contributed by atoms with Crippen molar-refractivity contribution in [3.05, 3.63) is 83.4 Å². The molecule has 1 fully saturated rings. The first-order chi connectivity index (χ1) is 16.1. The van der Waals surface area contributed by atoms with E-state index < -0.39 is 0 Å². The second kappa shape index (κ2) is 9.71. The Morgan fingerprint density at radius 3 is 2.27 bits per heavy atom. The molecule has 1 unspecified atom stereocenters. The fourth-order valence-corrected chi connectivity index (χ4v) is 6.43. The van der Waals surface area contributed by atoms with E-state index in [4.69, 9.17) is 11.6 Å². The van der Waals surface area contributed by atoms with Crippen LogP contribution in [0.2, 0.25) is 5.02 Å². The van der Waals surface area contributed by atoms with Crippen molar-refractivity contribution in [1.29, 1.82) is 0 Å². The highest BCUT2D eigenvalue weighted by atomic mass is 35.5. The summed E-state index contributed by atoms with van der Waals surface area (Å²) < 4.78 is 0. The molecule has 1 saturated heterocycles. The van der Waals surface area contributed by atoms with Crippen molar-refractivity contribution in [2.24, 2.45) is 0 Å². The maximum Gasteiger partial charge on any atom is 0.325 e. The van der Waals surface area contributed by atoms with Crippen LogP contribution in [0.15, 0.2) is 82.6 Å². The Morgan fingerprint density at radius 2 is 1.61 bits per heavy atom. The van der Waals surface area contributed by atoms with Gasteiger partial charge in [0, 0.05) is 27.9 Å². The first-order valence-electron chi connectivity index (χ1n) is 10.7. The molecule has 3 aromatic carbocycles. The summed E-state index contributed by atoms with van der Waals surface area (Å²) in [6, 6.07) is 23.7. The molecule has 0 saturated carbocycles. The number of fused-ring (bicyclic) bond motifs is 2. The monoisotopic (exact) mass is 495 g/mol. The molecule has 3 aromatic rings. The fourth-order valence-electron chi connectivity index (χ4n) is 4.06. The van der Waals surface area contributed by atoms with Crippen LogP contribution < -0.4 is 10.2 Å². The molecular weight excluding hydrogens is 474 g/mol. The van der Waals surface area contributed by atoms with Crippen LogP contribution in [-0.2, 0) is 4.79 Å². The van der Waals surface area contributed by atoms with Crippen LogP contribution in [0.1, 0.15) is 17.4 Å². The Hall–Kier alpha value is -2.61. The molecule has 2 heterocycles. The van der Waals surface area contributed by atoms with Gasteiger partial charge in [-0.15, -0.1) is 11.8 Å². The number of amides is 3. The Labute approximate surface area is 206 Å². The minimum Gasteiger partial charge on any atom is -0.340 e. The molecule has 2 aliphatic rings. The fraction of sp³-hybridized carbons (Fsp3) is 0.200. The van der Waals surface area contributed by atoms with E-state index in [0.717, 1.165) is 18.5 Å². The summed E-state index contributed by atoms with van der Waals surface area (Å²) in [6.07, 6.45) is 0.750. The lowest BCUT2D eigenvalue weighted by molar-refractivity contribution is -0.125. The third-order valence-corrected chi connectivity index (χ3v) is 8.20. The number of hydrogen-bond donors (Lipinski definition) is 1. The topological polar surface area (TPSA) is 52.7 Å². The predicted octanol–water partition coefficient (Wildman–Crippen LogP) is 6.32. The van der Waals surface area contributed by atoms with Gasteiger partial charge >= 0.3 is 6.03 Å². The van der Waals surface area contributed by atoms with E-state index in [-0.39, 0.29) is 17.3 Å². The van der Waals surface area contributed by atoms with Gasteiger partial charge in [0.05, 0.1) is 17.1 Å². The maximum absolute atomic E-state index is 12.9. The van der Waals surface area contributed by atoms with Crippen LogP contribution in [0.3, 0.4) is 0 Å². The molecule has 5 rings (SSSR count). The molecule has 0 spiro atoms. The van der Waals surface area contributed by atoms with Crippen molar-refractivity contribution in [2.75, 3.05) is 23.7 Å². The average molecular weight is 496 g/mol. The largest absolute Gasteiger partial charge is 0.340 e. The quantitative estimate of drug-likeness (QED) is 0.420. The lowest BCUT2D eigenvalue weighted by Crippen LogP contribution is -2.43. The highest BCUT2D eigenvalue weighted by Crippen LogP contribution is 2.47. The van der Waals surface area contributed by atoms with E-state index in [1.54, 1.807) is 23.9 Å². The van der Waals surface area contributed by atoms with Gasteiger partial charge < -0.3 is 10.2 Å². The highest BCUT2D eigenvalue weighted by Gasteiger charge is 2.37. The van der Waals surface area contributed by atoms with Crippen LogP contribution in [0.4, 0.5) is 16.2 Å². The number of carbonyl (C=O) groups excluding carboxylic acids is 2. The number of carbonyl (C=O) groups is 2. The zero-order valence-electron chi connectivity index (χ0n) is 17.7. The van der Waals surface area contributed by atoms with Crippen LogP contribution in [0, 0.1) is 0 Å². The van der Waals surface area contributed by atoms with E-state index in [1.807, 2.05) is 12.1 Å². The van der Waals surface area contributed by atoms with Crippen molar-refractivity contribution < 1.29 is 9.59 Å². The van der Waals surface area contributed by atoms with Gasteiger partial charge in [-0.25, -0.2) is 9.69 Å². The third-order valence-electron chi connectivity index (χ3n) is 5.61. The van der Waals surface area contributed by atoms with Gasteiger partial charge in [-0.05, 0) is 48.4 Å². The number of nitrogens with zero attached hydrogens (tertiary/aromatic N) is 2. The van der Waals surface area contributed by atoms with E-state index >= 15 is 0 Å². The summed E-state index contributed by atoms with van der Waals surface area (Å²) in [4.78, 5) is 31.4. The number of halogens is 1. The van der Waals surface area contributed by atoms with Crippen molar-refractivity contribution >= 4 is 58.4 Å². The molecular formula is C25H22ClN3O2S2. The van der Waals surface area contributed by atoms with Crippen LogP contribution in [0.25, 0.3) is 0 Å². The van der Waals surface area contributed by atoms with Gasteiger partial charge in [-0.2, -0.15) is 0 Å². The standard InChI is InChI=1S/C25H22ClN3O2S2/c26-18-12-10-17(11-13-18)24-29(23(30)16-32-24)25(31)27-14-5-15-28-19-6-1-3-8-21(19)33-22-9-4-2-7-20(22)28/h1-4,6-13,24H,5,14-16H2,(H,27,31). The minimum atomic E-state index is -0.347. The van der Waals surface area contributed by atoms with E-state index in [0.29, 0.717) is 17.3 Å². The zero-order valence-corrected chi connectivity index (χ0v) is 20.1. The Bertz CT molecular complexity index is 1140. The molecule has 3 amide bonds. The first-order valence-corrected chi connectivity index (χ1v) is 13.0. The molecule has 0 bridgehead atoms. The van der Waals surface area contributed by atoms with E-state index in [1.165, 1.54) is 37.8 Å². The van der Waals surface area contributed by atoms with Gasteiger partial charge in [0.1, 0.15) is 5.37 Å². The molecule has 2 aliphatic heterocycles. The number of anilines is 2. The van der Waals surface area contributed by atoms with Gasteiger partial charge in [0.2, 0.25) is 5.91 Å². The maximum atomic E-state index is 12.9. The highest BCUT2D eigenvalue weighted by molar-refractivity contribution is 8.00. The molecule has 0 aliphatic carbocycles. The molecule has 5 nitrogen and oxygen atoms in total. The average Bonchev–Trinajstić information content (AvgIpc) is 3.22. The Balaban J connectivity index is 1.23. The van der Waals surface area contributed by atoms with Crippen molar-refractivity contribution in [2.45, 2.75) is 21.6 Å². The number of nitrogens with one attached hydrogen (secondary N) is 1. The summed E-state index contributed by atoms with van der Waals surface area (Å²) >= 11 is 9.22. The lowest BCUT2D eigenvalue weighted by Gasteiger charge is -2.32. The van der Waals surface area contributed by atoms with E-state index in [9.17, 15) is 9.59 Å². The number of urea groups is 1. The summed E-state index contributed by atoms with van der Waals surface area (Å²) in [6.45, 7) is 1.24. The van der Waals surface area contributed by atoms with Gasteiger partial charge in [-0.3, -0.25) is 4.79 Å². The Kier molecular flexibility index (Phi) is 6.53. The normalized spacial score (nSPS) is 17.0. The number of benzene rings is 3. The predicted molar refractivity (Wildman–Crippen MR) is 136 cm³/mol. The number of rotatable bonds is 5. The lowest BCUT2D eigenvalue weighted by atomic mass is 10.2. The van der Waals surface area contributed by atoms with Gasteiger partial charge in [0.25, 0.3) is 0 Å². The molecule has 33 heavy (non-hydrogen) atoms. The van der Waals surface area contributed by atoms with Crippen LogP contribution in [-0.4, -0.2) is 35.7 Å². The van der Waals surface area contributed by atoms with Crippen LogP contribution in [0.5, 0.6) is 0 Å². The number of thioether (sulfide) groups is 1. The summed E-state index contributed by atoms with van der Waals surface area (Å²) in [5.41, 5.74) is 3.26. The minimum absolute atomic E-state index is 0.173. The van der Waals surface area contributed by atoms with Gasteiger partial charge in [0.15, 0.2) is 0 Å². The van der Waals surface area contributed by atoms with E-state index in [2.05, 4.69) is 58.7 Å². The SMILES string of the molecule is O=C1CSC(c2ccc(Cl)cc2)N1C(=O)NCCCN1c2ccccc2Sc2ccccc21. The molecule has 0 aromatic heterocycles. The zero-order chi connectivity index (χ0) is 22.8. The molecule has 168 valence electrons. The molecule has 8 heteroatoms. The number of hydrogen-bond acceptors (Lipinski definition) is 5. The van der Waals surface area contributed by atoms with Crippen LogP contribution >= 0.6 is 35.1 Å². The number of para-hydroxylation sites is 2. The second-order valence-corrected chi connectivity index (χ2v) is 10.3. The van der Waals surface area contributed by atoms with Crippen molar-refractivity contribution in [1.82, 2.24) is 10.2 Å². The molecule has 1 atom stereocenters. The molecule has 1 N–H and O–H groups in total. The van der Waals surface area contributed by atoms with Crippen molar-refractivity contribution in [3.8, 4) is 0 Å². The smallest absolute Gasteiger partial charge is 0.325 e. The van der Waals surface area contributed by atoms with Gasteiger partial charge in [-0.1, -0.05) is 59.8 Å². The second-order valence-electron chi connectivity index (χ2n) is 7.75. The molecule has 0 radical (unpaired) electrons. The number of imide groups is 1. The summed E-state index contributed by atoms with van der Waals surface area (Å²) in [5.74, 6) is 0.119. The first kappa shape index (κ1) is 22.2.